The Labute approximate surface area is 82.2 Å². The molecule has 14 heavy (non-hydrogen) atoms. The molecule has 0 aromatic heterocycles. The van der Waals surface area contributed by atoms with Crippen molar-refractivity contribution >= 4 is 6.29 Å². The van der Waals surface area contributed by atoms with Crippen LogP contribution in [0.5, 0.6) is 0 Å². The first-order valence-corrected chi connectivity index (χ1v) is 3.42. The maximum Gasteiger partial charge on any atom is 0.193 e. The van der Waals surface area contributed by atoms with Crippen molar-refractivity contribution < 1.29 is 19.0 Å². The Kier molecular flexibility index (Phi) is 18.1. The molecule has 0 aliphatic rings. The normalized spacial score (nSPS) is 5.93. The van der Waals surface area contributed by atoms with E-state index in [1.807, 2.05) is 11.8 Å². The lowest BCUT2D eigenvalue weighted by molar-refractivity contribution is -0.103. The van der Waals surface area contributed by atoms with Crippen molar-refractivity contribution in [3.05, 3.63) is 11.4 Å². The summed E-state index contributed by atoms with van der Waals surface area (Å²) in [4.78, 5) is 9.29. The summed E-state index contributed by atoms with van der Waals surface area (Å²) in [6, 6.07) is 0. The molecule has 0 rings (SSSR count). The van der Waals surface area contributed by atoms with E-state index < -0.39 is 12.4 Å². The number of aliphatic hydroxyl groups is 1. The van der Waals surface area contributed by atoms with Gasteiger partial charge in [0, 0.05) is 0 Å². The molecule has 0 heterocycles. The number of aldehydes is 1. The summed E-state index contributed by atoms with van der Waals surface area (Å²) in [7, 11) is 0. The van der Waals surface area contributed by atoms with Crippen molar-refractivity contribution in [2.24, 2.45) is 0 Å². The summed E-state index contributed by atoms with van der Waals surface area (Å²) in [6.07, 6.45) is 5.09. The van der Waals surface area contributed by atoms with E-state index in [0.717, 1.165) is 0 Å². The Morgan fingerprint density at radius 1 is 1.57 bits per heavy atom. The molecule has 0 spiro atoms. The van der Waals surface area contributed by atoms with Crippen molar-refractivity contribution in [2.45, 2.75) is 13.8 Å². The molecule has 2 nitrogen and oxygen atoms in total. The molecular weight excluding hydrogens is 190 g/mol. The third-order valence-corrected chi connectivity index (χ3v) is 0.885. The molecule has 78 valence electrons. The number of aliphatic hydroxyl groups excluding tert-OH is 1. The number of carbonyl (C=O) groups excluding carboxylic acids is 1. The van der Waals surface area contributed by atoms with Gasteiger partial charge in [-0.15, -0.1) is 6.42 Å². The molecule has 0 atom stereocenters. The molecule has 0 bridgehead atoms. The third kappa shape index (κ3) is 16.7. The highest BCUT2D eigenvalue weighted by Crippen LogP contribution is 2.00. The van der Waals surface area contributed by atoms with Gasteiger partial charge in [-0.3, -0.25) is 9.50 Å². The molecule has 0 unspecified atom stereocenters. The minimum absolute atomic E-state index is 0. The number of allylic oxidation sites excluding steroid dienone is 1. The molecule has 0 aromatic rings. The Hall–Kier alpha value is -1.65. The highest BCUT2D eigenvalue weighted by molar-refractivity contribution is 5.73. The van der Waals surface area contributed by atoms with E-state index in [1.54, 1.807) is 13.8 Å². The highest BCUT2D eigenvalue weighted by atomic mass is 19.1. The third-order valence-electron chi connectivity index (χ3n) is 0.885. The van der Waals surface area contributed by atoms with Gasteiger partial charge in [0.05, 0.1) is 6.61 Å². The number of carbonyl (C=O) groups is 1. The number of halogens is 2. The number of hydrogen-bond donors (Lipinski definition) is 1. The van der Waals surface area contributed by atoms with Gasteiger partial charge in [-0.25, -0.2) is 4.39 Å². The van der Waals surface area contributed by atoms with E-state index >= 15 is 0 Å². The summed E-state index contributed by atoms with van der Waals surface area (Å²) >= 11 is 0. The van der Waals surface area contributed by atoms with Gasteiger partial charge >= 0.3 is 0 Å². The summed E-state index contributed by atoms with van der Waals surface area (Å²) in [6.45, 7) is 2.76. The lowest BCUT2D eigenvalue weighted by atomic mass is 10.3. The molecule has 4 heteroatoms. The van der Waals surface area contributed by atoms with E-state index in [1.165, 1.54) is 0 Å². The lowest BCUT2D eigenvalue weighted by Gasteiger charge is -1.89. The van der Waals surface area contributed by atoms with Gasteiger partial charge in [0.15, 0.2) is 6.29 Å². The van der Waals surface area contributed by atoms with Gasteiger partial charge in [0.2, 0.25) is 0 Å². The van der Waals surface area contributed by atoms with Crippen LogP contribution in [0, 0.1) is 24.2 Å². The lowest BCUT2D eigenvalue weighted by Crippen LogP contribution is -1.83. The van der Waals surface area contributed by atoms with Crippen molar-refractivity contribution in [3.63, 3.8) is 0 Å². The molecule has 0 aliphatic carbocycles. The zero-order chi connectivity index (χ0) is 10.7. The molecule has 0 saturated carbocycles. The molecule has 0 amide bonds. The first-order valence-electron chi connectivity index (χ1n) is 3.42. The van der Waals surface area contributed by atoms with E-state index in [4.69, 9.17) is 5.11 Å². The fourth-order valence-corrected chi connectivity index (χ4v) is 0.229. The van der Waals surface area contributed by atoms with Gasteiger partial charge < -0.3 is 5.11 Å². The van der Waals surface area contributed by atoms with Crippen LogP contribution in [-0.2, 0) is 4.79 Å². The Morgan fingerprint density at radius 3 is 2.14 bits per heavy atom. The van der Waals surface area contributed by atoms with Gasteiger partial charge in [-0.1, -0.05) is 0 Å². The Morgan fingerprint density at radius 2 is 2.07 bits per heavy atom. The smallest absolute Gasteiger partial charge is 0.193 e. The zero-order valence-corrected chi connectivity index (χ0v) is 8.00. The quantitative estimate of drug-likeness (QED) is 0.512. The molecule has 1 N–H and O–H groups in total. The molecule has 0 aromatic carbocycles. The van der Waals surface area contributed by atoms with Crippen molar-refractivity contribution in [1.29, 1.82) is 0 Å². The Balaban J connectivity index is -0.000000163. The molecule has 0 aliphatic heterocycles. The molecular formula is C10H12F2O2. The molecule has 0 radical (unpaired) electrons. The first-order chi connectivity index (χ1) is 6.09. The van der Waals surface area contributed by atoms with Crippen LogP contribution in [0.3, 0.4) is 0 Å². The predicted molar refractivity (Wildman–Crippen MR) is 51.7 cm³/mol. The number of terminal acetylenes is 1. The minimum atomic E-state index is -0.470. The summed E-state index contributed by atoms with van der Waals surface area (Å²) in [5.74, 6) is 5.68. The van der Waals surface area contributed by atoms with Crippen LogP contribution in [0.25, 0.3) is 0 Å². The van der Waals surface area contributed by atoms with Gasteiger partial charge in [-0.05, 0) is 37.2 Å². The second-order valence-electron chi connectivity index (χ2n) is 2.09. The largest absolute Gasteiger partial charge is 0.389 e. The summed E-state index contributed by atoms with van der Waals surface area (Å²) in [5, 5.41) is 8.07. The fraction of sp³-hybridized carbons (Fsp3) is 0.300. The van der Waals surface area contributed by atoms with E-state index in [9.17, 15) is 9.18 Å². The van der Waals surface area contributed by atoms with E-state index in [-0.39, 0.29) is 4.70 Å². The average molecular weight is 202 g/mol. The van der Waals surface area contributed by atoms with Crippen LogP contribution >= 0.6 is 0 Å². The summed E-state index contributed by atoms with van der Waals surface area (Å²) < 4.78 is 11.9. The van der Waals surface area contributed by atoms with Crippen LogP contribution in [0.2, 0.25) is 0 Å². The molecule has 0 fully saturated rings. The second kappa shape index (κ2) is 13.9. The summed E-state index contributed by atoms with van der Waals surface area (Å²) in [5.41, 5.74) is 0.544. The maximum absolute atomic E-state index is 11.9. The fourth-order valence-electron chi connectivity index (χ4n) is 0.229. The second-order valence-corrected chi connectivity index (χ2v) is 2.09. The Bertz CT molecular complexity index is 273. The van der Waals surface area contributed by atoms with Gasteiger partial charge in [0.25, 0.3) is 0 Å². The van der Waals surface area contributed by atoms with Gasteiger partial charge in [0.1, 0.15) is 5.83 Å². The van der Waals surface area contributed by atoms with Crippen LogP contribution in [-0.4, -0.2) is 18.0 Å². The van der Waals surface area contributed by atoms with Crippen LogP contribution in [0.4, 0.5) is 9.09 Å². The minimum Gasteiger partial charge on any atom is -0.389 e. The van der Waals surface area contributed by atoms with Crippen LogP contribution < -0.4 is 0 Å². The SMILES string of the molecule is C#CC#CC=O.CC(C)=C(F)CO.F. The predicted octanol–water partition coefficient (Wildman–Crippen LogP) is 1.22. The van der Waals surface area contributed by atoms with E-state index in [2.05, 4.69) is 12.3 Å². The topological polar surface area (TPSA) is 37.3 Å². The first kappa shape index (κ1) is 18.2. The standard InChI is InChI=1S/C5H9FO.C5H2O.FH/c1-4(2)5(6)3-7;1-2-3-4-5-6;/h7H,3H2,1-2H3;1,5H;1H. The van der Waals surface area contributed by atoms with Gasteiger partial charge in [-0.2, -0.15) is 0 Å². The number of rotatable bonds is 1. The van der Waals surface area contributed by atoms with Crippen molar-refractivity contribution in [2.75, 3.05) is 6.61 Å². The monoisotopic (exact) mass is 202 g/mol. The average Bonchev–Trinajstić information content (AvgIpc) is 2.14. The van der Waals surface area contributed by atoms with Crippen LogP contribution in [0.15, 0.2) is 11.4 Å². The highest BCUT2D eigenvalue weighted by Gasteiger charge is 1.89. The number of hydrogen-bond acceptors (Lipinski definition) is 2. The van der Waals surface area contributed by atoms with Crippen molar-refractivity contribution in [3.8, 4) is 24.2 Å². The zero-order valence-electron chi connectivity index (χ0n) is 8.00. The van der Waals surface area contributed by atoms with Crippen LogP contribution in [0.1, 0.15) is 13.8 Å². The maximum atomic E-state index is 11.9. The van der Waals surface area contributed by atoms with E-state index in [0.29, 0.717) is 11.9 Å². The molecule has 0 saturated heterocycles. The van der Waals surface area contributed by atoms with Crippen molar-refractivity contribution in [1.82, 2.24) is 0 Å².